The van der Waals surface area contributed by atoms with E-state index in [4.69, 9.17) is 0 Å². The molecule has 1 aliphatic heterocycles. The summed E-state index contributed by atoms with van der Waals surface area (Å²) in [5.41, 5.74) is 1.56. The van der Waals surface area contributed by atoms with Crippen LogP contribution in [-0.4, -0.2) is 44.6 Å². The van der Waals surface area contributed by atoms with Crippen molar-refractivity contribution in [1.82, 2.24) is 15.1 Å². The fourth-order valence-corrected chi connectivity index (χ4v) is 3.06. The van der Waals surface area contributed by atoms with E-state index in [9.17, 15) is 4.79 Å². The van der Waals surface area contributed by atoms with Gasteiger partial charge in [-0.25, -0.2) is 0 Å². The van der Waals surface area contributed by atoms with Crippen LogP contribution in [0.3, 0.4) is 0 Å². The fourth-order valence-electron chi connectivity index (χ4n) is 1.96. The Kier molecular flexibility index (Phi) is 3.47. The molecule has 4 nitrogen and oxygen atoms in total. The molecule has 2 rings (SSSR count). The molecule has 1 fully saturated rings. The summed E-state index contributed by atoms with van der Waals surface area (Å²) in [6, 6.07) is 0. The number of aromatic nitrogens is 2. The van der Waals surface area contributed by atoms with E-state index in [2.05, 4.69) is 24.0 Å². The quantitative estimate of drug-likeness (QED) is 0.833. The first-order chi connectivity index (χ1) is 7.99. The number of aryl methyl sites for hydroxylation is 1. The lowest BCUT2D eigenvalue weighted by molar-refractivity contribution is 0.0764. The summed E-state index contributed by atoms with van der Waals surface area (Å²) in [4.78, 5) is 14.2. The van der Waals surface area contributed by atoms with Crippen molar-refractivity contribution in [2.45, 2.75) is 31.9 Å². The average Bonchev–Trinajstić information content (AvgIpc) is 2.59. The number of rotatable bonds is 1. The second-order valence-electron chi connectivity index (χ2n) is 5.06. The highest BCUT2D eigenvalue weighted by Crippen LogP contribution is 2.31. The number of carbonyl (C=O) groups excluding carboxylic acids is 1. The van der Waals surface area contributed by atoms with Crippen LogP contribution < -0.4 is 0 Å². The van der Waals surface area contributed by atoms with Crippen molar-refractivity contribution in [3.63, 3.8) is 0 Å². The summed E-state index contributed by atoms with van der Waals surface area (Å²) in [5.74, 6) is 1.12. The average molecular weight is 253 g/mol. The molecule has 1 aromatic heterocycles. The number of hydrogen-bond donors (Lipinski definition) is 1. The summed E-state index contributed by atoms with van der Waals surface area (Å²) in [6.07, 6.45) is 2.67. The summed E-state index contributed by atoms with van der Waals surface area (Å²) >= 11 is 1.95. The number of aromatic amines is 1. The predicted octanol–water partition coefficient (Wildman–Crippen LogP) is 2.08. The number of nitrogens with zero attached hydrogens (tertiary/aromatic N) is 2. The molecule has 1 N–H and O–H groups in total. The highest BCUT2D eigenvalue weighted by Gasteiger charge is 2.27. The van der Waals surface area contributed by atoms with Crippen molar-refractivity contribution < 1.29 is 4.79 Å². The number of thioether (sulfide) groups is 1. The van der Waals surface area contributed by atoms with Gasteiger partial charge >= 0.3 is 0 Å². The van der Waals surface area contributed by atoms with E-state index >= 15 is 0 Å². The second-order valence-corrected chi connectivity index (χ2v) is 6.86. The molecule has 0 aliphatic carbocycles. The molecule has 0 saturated carbocycles. The van der Waals surface area contributed by atoms with Crippen LogP contribution in [0, 0.1) is 6.92 Å². The molecule has 0 unspecified atom stereocenters. The maximum Gasteiger partial charge on any atom is 0.257 e. The van der Waals surface area contributed by atoms with Crippen LogP contribution >= 0.6 is 11.8 Å². The lowest BCUT2D eigenvalue weighted by atomic mass is 10.1. The molecule has 0 aromatic carbocycles. The lowest BCUT2D eigenvalue weighted by Crippen LogP contribution is -2.33. The molecule has 1 aliphatic rings. The summed E-state index contributed by atoms with van der Waals surface area (Å²) in [6.45, 7) is 8.04. The zero-order chi connectivity index (χ0) is 12.5. The van der Waals surface area contributed by atoms with E-state index in [1.54, 1.807) is 6.20 Å². The Morgan fingerprint density at radius 3 is 2.94 bits per heavy atom. The van der Waals surface area contributed by atoms with Gasteiger partial charge in [0.15, 0.2) is 0 Å². The molecule has 1 amide bonds. The Morgan fingerprint density at radius 2 is 2.29 bits per heavy atom. The highest BCUT2D eigenvalue weighted by molar-refractivity contribution is 8.00. The Hall–Kier alpha value is -0.970. The Morgan fingerprint density at radius 1 is 1.53 bits per heavy atom. The van der Waals surface area contributed by atoms with Gasteiger partial charge in [-0.15, -0.1) is 0 Å². The van der Waals surface area contributed by atoms with E-state index in [1.807, 2.05) is 23.6 Å². The Balaban J connectivity index is 2.08. The molecule has 94 valence electrons. The second kappa shape index (κ2) is 4.72. The first kappa shape index (κ1) is 12.5. The first-order valence-electron chi connectivity index (χ1n) is 5.93. The first-order valence-corrected chi connectivity index (χ1v) is 6.91. The van der Waals surface area contributed by atoms with Gasteiger partial charge in [0.25, 0.3) is 5.91 Å². The zero-order valence-electron chi connectivity index (χ0n) is 10.6. The van der Waals surface area contributed by atoms with E-state index in [0.717, 1.165) is 31.0 Å². The Bertz CT molecular complexity index is 414. The molecular formula is C12H19N3OS. The zero-order valence-corrected chi connectivity index (χ0v) is 11.4. The maximum absolute atomic E-state index is 12.3. The normalized spacial score (nSPS) is 20.1. The van der Waals surface area contributed by atoms with Crippen molar-refractivity contribution >= 4 is 17.7 Å². The monoisotopic (exact) mass is 253 g/mol. The van der Waals surface area contributed by atoms with Crippen molar-refractivity contribution in [2.24, 2.45) is 0 Å². The predicted molar refractivity (Wildman–Crippen MR) is 70.4 cm³/mol. The Labute approximate surface area is 106 Å². The topological polar surface area (TPSA) is 49.0 Å². The van der Waals surface area contributed by atoms with E-state index < -0.39 is 0 Å². The van der Waals surface area contributed by atoms with Crippen LogP contribution in [-0.2, 0) is 0 Å². The standard InChI is InChI=1S/C12H19N3OS/c1-9-10(8-13-14-9)11(16)15-5-4-12(2,3)17-7-6-15/h8H,4-7H2,1-3H3,(H,13,14). The summed E-state index contributed by atoms with van der Waals surface area (Å²) < 4.78 is 0.278. The molecule has 0 spiro atoms. The third kappa shape index (κ3) is 2.83. The number of nitrogens with one attached hydrogen (secondary N) is 1. The summed E-state index contributed by atoms with van der Waals surface area (Å²) in [7, 11) is 0. The van der Waals surface area contributed by atoms with Crippen LogP contribution in [0.1, 0.15) is 36.3 Å². The minimum atomic E-state index is 0.106. The van der Waals surface area contributed by atoms with E-state index in [-0.39, 0.29) is 10.7 Å². The number of hydrogen-bond acceptors (Lipinski definition) is 3. The van der Waals surface area contributed by atoms with Gasteiger partial charge in [0.05, 0.1) is 11.8 Å². The third-order valence-electron chi connectivity index (χ3n) is 3.19. The number of carbonyl (C=O) groups is 1. The maximum atomic E-state index is 12.3. The number of amides is 1. The fraction of sp³-hybridized carbons (Fsp3) is 0.667. The largest absolute Gasteiger partial charge is 0.338 e. The van der Waals surface area contributed by atoms with E-state index in [0.29, 0.717) is 5.56 Å². The van der Waals surface area contributed by atoms with Crippen molar-refractivity contribution in [1.29, 1.82) is 0 Å². The van der Waals surface area contributed by atoms with Gasteiger partial charge in [-0.3, -0.25) is 9.89 Å². The minimum Gasteiger partial charge on any atom is -0.338 e. The number of H-pyrrole nitrogens is 1. The molecule has 2 heterocycles. The van der Waals surface area contributed by atoms with Crippen LogP contribution in [0.15, 0.2) is 6.20 Å². The van der Waals surface area contributed by atoms with E-state index in [1.165, 1.54) is 0 Å². The van der Waals surface area contributed by atoms with Gasteiger partial charge in [0.2, 0.25) is 0 Å². The summed E-state index contributed by atoms with van der Waals surface area (Å²) in [5, 5.41) is 6.73. The van der Waals surface area contributed by atoms with Crippen molar-refractivity contribution in [2.75, 3.05) is 18.8 Å². The molecular weight excluding hydrogens is 234 g/mol. The molecule has 1 saturated heterocycles. The van der Waals surface area contributed by atoms with Crippen LogP contribution in [0.4, 0.5) is 0 Å². The van der Waals surface area contributed by atoms with Crippen molar-refractivity contribution in [3.05, 3.63) is 17.5 Å². The molecule has 5 heteroatoms. The van der Waals surface area contributed by atoms with Gasteiger partial charge in [0, 0.05) is 29.3 Å². The third-order valence-corrected chi connectivity index (χ3v) is 4.56. The molecule has 1 aromatic rings. The molecule has 0 bridgehead atoms. The SMILES string of the molecule is Cc1[nH]ncc1C(=O)N1CCSC(C)(C)CC1. The smallest absolute Gasteiger partial charge is 0.257 e. The van der Waals surface area contributed by atoms with Crippen LogP contribution in [0.5, 0.6) is 0 Å². The minimum absolute atomic E-state index is 0.106. The molecule has 17 heavy (non-hydrogen) atoms. The van der Waals surface area contributed by atoms with Gasteiger partial charge in [-0.05, 0) is 13.3 Å². The van der Waals surface area contributed by atoms with Gasteiger partial charge in [-0.2, -0.15) is 16.9 Å². The molecule has 0 radical (unpaired) electrons. The van der Waals surface area contributed by atoms with Crippen LogP contribution in [0.2, 0.25) is 0 Å². The lowest BCUT2D eigenvalue weighted by Gasteiger charge is -2.22. The molecule has 0 atom stereocenters. The van der Waals surface area contributed by atoms with Crippen molar-refractivity contribution in [3.8, 4) is 0 Å². The highest BCUT2D eigenvalue weighted by atomic mass is 32.2. The van der Waals surface area contributed by atoms with Gasteiger partial charge in [-0.1, -0.05) is 13.8 Å². The van der Waals surface area contributed by atoms with Gasteiger partial charge in [0.1, 0.15) is 0 Å². The van der Waals surface area contributed by atoms with Crippen LogP contribution in [0.25, 0.3) is 0 Å². The van der Waals surface area contributed by atoms with Gasteiger partial charge < -0.3 is 4.90 Å².